The van der Waals surface area contributed by atoms with Gasteiger partial charge >= 0.3 is 0 Å². The molecule has 0 aromatic heterocycles. The molecule has 3 heteroatoms. The van der Waals surface area contributed by atoms with Crippen molar-refractivity contribution in [2.24, 2.45) is 0 Å². The van der Waals surface area contributed by atoms with E-state index in [1.54, 1.807) is 30.3 Å². The van der Waals surface area contributed by atoms with E-state index < -0.39 is 5.97 Å². The highest BCUT2D eigenvalue weighted by Crippen LogP contribution is 2.12. The zero-order valence-electron chi connectivity index (χ0n) is 10.8. The molecule has 100 valence electrons. The summed E-state index contributed by atoms with van der Waals surface area (Å²) < 4.78 is 0. The summed E-state index contributed by atoms with van der Waals surface area (Å²) in [6.45, 7) is 0. The Hall–Kier alpha value is -2.68. The standard InChI is InChI=1S/C17H14O3/c18-16(11-10-13-6-2-1-3-7-13)15-9-5-4-8-14(15)12-17(19)20/h1-11H,12H2,(H,19,20)/p-1. The second-order valence-electron chi connectivity index (χ2n) is 4.31. The molecular formula is C17H13O3-. The Kier molecular flexibility index (Phi) is 4.45. The minimum absolute atomic E-state index is 0.217. The summed E-state index contributed by atoms with van der Waals surface area (Å²) in [6.07, 6.45) is 2.89. The van der Waals surface area contributed by atoms with Crippen molar-refractivity contribution in [2.75, 3.05) is 0 Å². The Morgan fingerprint density at radius 3 is 2.30 bits per heavy atom. The van der Waals surface area contributed by atoms with E-state index in [2.05, 4.69) is 0 Å². The summed E-state index contributed by atoms with van der Waals surface area (Å²) in [4.78, 5) is 22.8. The molecule has 0 aliphatic rings. The maximum Gasteiger partial charge on any atom is 0.186 e. The minimum Gasteiger partial charge on any atom is -0.550 e. The van der Waals surface area contributed by atoms with E-state index in [0.717, 1.165) is 5.56 Å². The summed E-state index contributed by atoms with van der Waals surface area (Å²) in [5.74, 6) is -1.41. The van der Waals surface area contributed by atoms with Gasteiger partial charge in [0.1, 0.15) is 0 Å². The zero-order chi connectivity index (χ0) is 14.4. The fourth-order valence-corrected chi connectivity index (χ4v) is 1.90. The van der Waals surface area contributed by atoms with Crippen LogP contribution in [0.25, 0.3) is 6.08 Å². The molecule has 2 aromatic rings. The van der Waals surface area contributed by atoms with Crippen LogP contribution in [-0.2, 0) is 11.2 Å². The molecule has 0 saturated heterocycles. The van der Waals surface area contributed by atoms with Gasteiger partial charge in [0.15, 0.2) is 5.78 Å². The Morgan fingerprint density at radius 2 is 1.60 bits per heavy atom. The number of ketones is 1. The first-order chi connectivity index (χ1) is 9.66. The predicted octanol–water partition coefficient (Wildman–Crippen LogP) is 1.88. The summed E-state index contributed by atoms with van der Waals surface area (Å²) in [6, 6.07) is 16.1. The zero-order valence-corrected chi connectivity index (χ0v) is 10.8. The molecule has 0 atom stereocenters. The number of rotatable bonds is 5. The summed E-state index contributed by atoms with van der Waals surface area (Å²) in [5.41, 5.74) is 1.78. The van der Waals surface area contributed by atoms with Gasteiger partial charge in [0, 0.05) is 18.0 Å². The van der Waals surface area contributed by atoms with Crippen molar-refractivity contribution in [2.45, 2.75) is 6.42 Å². The minimum atomic E-state index is -1.20. The van der Waals surface area contributed by atoms with Crippen LogP contribution in [0.4, 0.5) is 0 Å². The van der Waals surface area contributed by atoms with Crippen LogP contribution in [0.3, 0.4) is 0 Å². The molecule has 0 aliphatic carbocycles. The normalized spacial score (nSPS) is 10.6. The van der Waals surface area contributed by atoms with E-state index in [-0.39, 0.29) is 12.2 Å². The second kappa shape index (κ2) is 6.48. The van der Waals surface area contributed by atoms with Gasteiger partial charge in [0.2, 0.25) is 0 Å². The third kappa shape index (κ3) is 3.65. The highest BCUT2D eigenvalue weighted by molar-refractivity contribution is 6.08. The number of hydrogen-bond acceptors (Lipinski definition) is 3. The van der Waals surface area contributed by atoms with Gasteiger partial charge in [-0.3, -0.25) is 4.79 Å². The smallest absolute Gasteiger partial charge is 0.186 e. The molecule has 0 aliphatic heterocycles. The first kappa shape index (κ1) is 13.7. The molecule has 0 fully saturated rings. The number of allylic oxidation sites excluding steroid dienone is 1. The van der Waals surface area contributed by atoms with Crippen LogP contribution in [0.2, 0.25) is 0 Å². The number of carbonyl (C=O) groups is 2. The van der Waals surface area contributed by atoms with Crippen LogP contribution in [0.1, 0.15) is 21.5 Å². The monoisotopic (exact) mass is 265 g/mol. The molecule has 0 bridgehead atoms. The van der Waals surface area contributed by atoms with Crippen molar-refractivity contribution in [3.05, 3.63) is 77.4 Å². The summed E-state index contributed by atoms with van der Waals surface area (Å²) in [7, 11) is 0. The topological polar surface area (TPSA) is 57.2 Å². The van der Waals surface area contributed by atoms with Gasteiger partial charge in [-0.1, -0.05) is 60.7 Å². The Morgan fingerprint density at radius 1 is 0.950 bits per heavy atom. The van der Waals surface area contributed by atoms with Crippen molar-refractivity contribution in [3.8, 4) is 0 Å². The van der Waals surface area contributed by atoms with E-state index in [0.29, 0.717) is 11.1 Å². The average Bonchev–Trinajstić information content (AvgIpc) is 2.46. The molecule has 0 radical (unpaired) electrons. The van der Waals surface area contributed by atoms with Crippen LogP contribution < -0.4 is 5.11 Å². The van der Waals surface area contributed by atoms with Crippen LogP contribution >= 0.6 is 0 Å². The molecular weight excluding hydrogens is 252 g/mol. The lowest BCUT2D eigenvalue weighted by molar-refractivity contribution is -0.304. The Bertz CT molecular complexity index is 642. The van der Waals surface area contributed by atoms with E-state index in [4.69, 9.17) is 0 Å². The molecule has 0 N–H and O–H groups in total. The largest absolute Gasteiger partial charge is 0.550 e. The van der Waals surface area contributed by atoms with Crippen molar-refractivity contribution in [1.82, 2.24) is 0 Å². The predicted molar refractivity (Wildman–Crippen MR) is 75.0 cm³/mol. The molecule has 2 rings (SSSR count). The van der Waals surface area contributed by atoms with Gasteiger partial charge in [-0.25, -0.2) is 0 Å². The highest BCUT2D eigenvalue weighted by atomic mass is 16.4. The number of aliphatic carboxylic acids is 1. The van der Waals surface area contributed by atoms with Gasteiger partial charge < -0.3 is 9.90 Å². The molecule has 2 aromatic carbocycles. The average molecular weight is 265 g/mol. The van der Waals surface area contributed by atoms with Crippen LogP contribution in [0, 0.1) is 0 Å². The quantitative estimate of drug-likeness (QED) is 0.612. The first-order valence-electron chi connectivity index (χ1n) is 6.22. The Balaban J connectivity index is 2.21. The van der Waals surface area contributed by atoms with E-state index in [1.165, 1.54) is 6.08 Å². The van der Waals surface area contributed by atoms with E-state index >= 15 is 0 Å². The number of carboxylic acids is 1. The van der Waals surface area contributed by atoms with Gasteiger partial charge in [-0.2, -0.15) is 0 Å². The van der Waals surface area contributed by atoms with Crippen LogP contribution in [-0.4, -0.2) is 11.8 Å². The van der Waals surface area contributed by atoms with Gasteiger partial charge in [0.25, 0.3) is 0 Å². The third-order valence-corrected chi connectivity index (χ3v) is 2.84. The lowest BCUT2D eigenvalue weighted by Gasteiger charge is -2.07. The van der Waals surface area contributed by atoms with Crippen LogP contribution in [0.5, 0.6) is 0 Å². The molecule has 0 unspecified atom stereocenters. The van der Waals surface area contributed by atoms with Crippen LogP contribution in [0.15, 0.2) is 60.7 Å². The molecule has 20 heavy (non-hydrogen) atoms. The lowest BCUT2D eigenvalue weighted by Crippen LogP contribution is -2.25. The van der Waals surface area contributed by atoms with Crippen molar-refractivity contribution < 1.29 is 14.7 Å². The van der Waals surface area contributed by atoms with Crippen molar-refractivity contribution in [1.29, 1.82) is 0 Å². The van der Waals surface area contributed by atoms with Crippen molar-refractivity contribution in [3.63, 3.8) is 0 Å². The number of hydrogen-bond donors (Lipinski definition) is 0. The van der Waals surface area contributed by atoms with Gasteiger partial charge in [0.05, 0.1) is 0 Å². The SMILES string of the molecule is O=C([O-])Cc1ccccc1C(=O)C=Cc1ccccc1. The molecule has 0 heterocycles. The summed E-state index contributed by atoms with van der Waals surface area (Å²) in [5, 5.41) is 10.7. The molecule has 0 saturated carbocycles. The first-order valence-corrected chi connectivity index (χ1v) is 6.22. The molecule has 3 nitrogen and oxygen atoms in total. The Labute approximate surface area is 117 Å². The highest BCUT2D eigenvalue weighted by Gasteiger charge is 2.07. The number of carboxylic acid groups (broad SMARTS) is 1. The number of benzene rings is 2. The second-order valence-corrected chi connectivity index (χ2v) is 4.31. The van der Waals surface area contributed by atoms with Gasteiger partial charge in [-0.05, 0) is 17.2 Å². The van der Waals surface area contributed by atoms with E-state index in [9.17, 15) is 14.7 Å². The maximum atomic E-state index is 12.1. The summed E-state index contributed by atoms with van der Waals surface area (Å²) >= 11 is 0. The van der Waals surface area contributed by atoms with Gasteiger partial charge in [-0.15, -0.1) is 0 Å². The third-order valence-electron chi connectivity index (χ3n) is 2.84. The fourth-order valence-electron chi connectivity index (χ4n) is 1.90. The maximum absolute atomic E-state index is 12.1. The lowest BCUT2D eigenvalue weighted by atomic mass is 10.0. The van der Waals surface area contributed by atoms with Crippen molar-refractivity contribution >= 4 is 17.8 Å². The van der Waals surface area contributed by atoms with E-state index in [1.807, 2.05) is 30.3 Å². The molecule has 0 amide bonds. The number of carbonyl (C=O) groups excluding carboxylic acids is 2. The fraction of sp³-hybridized carbons (Fsp3) is 0.0588. The molecule has 0 spiro atoms.